The Morgan fingerprint density at radius 2 is 0.830 bits per heavy atom. The average Bonchev–Trinajstić information content (AvgIpc) is 3.66. The van der Waals surface area contributed by atoms with Crippen molar-refractivity contribution in [1.82, 2.24) is 9.13 Å². The maximum absolute atomic E-state index is 2.49. The number of hydrogen-bond donors (Lipinski definition) is 0. The van der Waals surface area contributed by atoms with E-state index in [2.05, 4.69) is 161 Å². The second-order valence-electron chi connectivity index (χ2n) is 12.4. The second-order valence-corrected chi connectivity index (χ2v) is 14.5. The monoisotopic (exact) mass is 632 g/mol. The zero-order valence-electron chi connectivity index (χ0n) is 25.2. The molecule has 0 saturated carbocycles. The van der Waals surface area contributed by atoms with Gasteiger partial charge in [0.15, 0.2) is 0 Å². The predicted octanol–water partition coefficient (Wildman–Crippen LogP) is 9.33. The SMILES string of the molecule is c1ccc(-n2c3ccccc3c3ccc4c(c32)Sc2cccc3c2B4c2ccc4c5ccccc5n(-c5ccccc5)c4c2S3)cc1. The molecule has 0 radical (unpaired) electrons. The van der Waals surface area contributed by atoms with Gasteiger partial charge in [0.2, 0.25) is 6.71 Å². The first-order valence-electron chi connectivity index (χ1n) is 16.1. The smallest absolute Gasteiger partial charge is 0.247 e. The Kier molecular flexibility index (Phi) is 5.38. The summed E-state index contributed by atoms with van der Waals surface area (Å²) in [4.78, 5) is 5.44. The summed E-state index contributed by atoms with van der Waals surface area (Å²) < 4.78 is 4.97. The van der Waals surface area contributed by atoms with Gasteiger partial charge in [-0.2, -0.15) is 0 Å². The van der Waals surface area contributed by atoms with Crippen molar-refractivity contribution in [1.29, 1.82) is 0 Å². The Morgan fingerprint density at radius 1 is 0.383 bits per heavy atom. The molecule has 0 saturated heterocycles. The Balaban J connectivity index is 1.26. The molecule has 0 amide bonds. The van der Waals surface area contributed by atoms with Crippen molar-refractivity contribution in [3.8, 4) is 11.4 Å². The zero-order chi connectivity index (χ0) is 30.6. The van der Waals surface area contributed by atoms with Crippen molar-refractivity contribution in [2.24, 2.45) is 0 Å². The van der Waals surface area contributed by atoms with E-state index in [9.17, 15) is 0 Å². The molecule has 4 heterocycles. The van der Waals surface area contributed by atoms with Crippen LogP contribution in [0.2, 0.25) is 0 Å². The molecule has 0 fully saturated rings. The van der Waals surface area contributed by atoms with Crippen LogP contribution in [0.3, 0.4) is 0 Å². The van der Waals surface area contributed by atoms with Gasteiger partial charge in [-0.25, -0.2) is 0 Å². The normalized spacial score (nSPS) is 13.3. The molecule has 218 valence electrons. The van der Waals surface area contributed by atoms with Gasteiger partial charge in [-0.3, -0.25) is 0 Å². The van der Waals surface area contributed by atoms with Gasteiger partial charge in [0, 0.05) is 52.5 Å². The summed E-state index contributed by atoms with van der Waals surface area (Å²) in [6, 6.07) is 56.0. The Morgan fingerprint density at radius 3 is 1.32 bits per heavy atom. The van der Waals surface area contributed by atoms with E-state index in [1.54, 1.807) is 0 Å². The zero-order valence-corrected chi connectivity index (χ0v) is 26.9. The molecular weight excluding hydrogens is 607 g/mol. The highest BCUT2D eigenvalue weighted by Gasteiger charge is 2.40. The first-order valence-corrected chi connectivity index (χ1v) is 17.7. The van der Waals surface area contributed by atoms with Crippen LogP contribution in [0.25, 0.3) is 55.0 Å². The van der Waals surface area contributed by atoms with E-state index in [1.165, 1.54) is 91.0 Å². The van der Waals surface area contributed by atoms with Crippen LogP contribution in [0, 0.1) is 0 Å². The van der Waals surface area contributed by atoms with Gasteiger partial charge in [-0.1, -0.05) is 138 Å². The van der Waals surface area contributed by atoms with Crippen LogP contribution in [0.4, 0.5) is 0 Å². The molecule has 2 aliphatic rings. The topological polar surface area (TPSA) is 9.86 Å². The summed E-state index contributed by atoms with van der Waals surface area (Å²) in [5.74, 6) is 0. The molecule has 0 aliphatic carbocycles. The number of benzene rings is 7. The van der Waals surface area contributed by atoms with E-state index in [1.807, 2.05) is 23.5 Å². The second kappa shape index (κ2) is 9.71. The minimum Gasteiger partial charge on any atom is -0.308 e. The Labute approximate surface area is 280 Å². The van der Waals surface area contributed by atoms with Crippen LogP contribution in [0.15, 0.2) is 171 Å². The van der Waals surface area contributed by atoms with Crippen LogP contribution in [-0.4, -0.2) is 15.8 Å². The van der Waals surface area contributed by atoms with E-state index in [4.69, 9.17) is 0 Å². The average molecular weight is 633 g/mol. The van der Waals surface area contributed by atoms with Crippen molar-refractivity contribution in [2.75, 3.05) is 0 Å². The fourth-order valence-electron chi connectivity index (χ4n) is 8.13. The first kappa shape index (κ1) is 26.0. The Bertz CT molecular complexity index is 2560. The fourth-order valence-corrected chi connectivity index (χ4v) is 10.8. The lowest BCUT2D eigenvalue weighted by molar-refractivity contribution is 1.16. The van der Waals surface area contributed by atoms with Crippen molar-refractivity contribution in [3.05, 3.63) is 152 Å². The molecule has 9 aromatic rings. The standard InChI is InChI=1S/C42H25BN2S2/c1-3-12-26(13-4-1)44-34-18-9-7-16-28(34)30-22-24-32-41(39(30)44)46-36-20-11-21-37-38(36)43(32)33-25-23-31-29-17-8-10-19-35(29)45(40(31)42(33)47-37)27-14-5-2-6-15-27/h1-25H. The third kappa shape index (κ3) is 3.51. The molecule has 2 aromatic heterocycles. The summed E-state index contributed by atoms with van der Waals surface area (Å²) in [6.45, 7) is 0.145. The van der Waals surface area contributed by atoms with E-state index in [0.29, 0.717) is 0 Å². The van der Waals surface area contributed by atoms with E-state index in [0.717, 1.165) is 0 Å². The van der Waals surface area contributed by atoms with Gasteiger partial charge in [0.1, 0.15) is 0 Å². The third-order valence-electron chi connectivity index (χ3n) is 10.0. The van der Waals surface area contributed by atoms with E-state index in [-0.39, 0.29) is 6.71 Å². The van der Waals surface area contributed by atoms with Gasteiger partial charge >= 0.3 is 0 Å². The van der Waals surface area contributed by atoms with E-state index < -0.39 is 0 Å². The van der Waals surface area contributed by atoms with Crippen LogP contribution in [0.5, 0.6) is 0 Å². The number of fused-ring (bicyclic) bond motifs is 12. The minimum atomic E-state index is 0.145. The molecule has 2 nitrogen and oxygen atoms in total. The van der Waals surface area contributed by atoms with Crippen LogP contribution >= 0.6 is 23.5 Å². The molecule has 0 bridgehead atoms. The number of rotatable bonds is 2. The lowest BCUT2D eigenvalue weighted by atomic mass is 9.36. The molecule has 47 heavy (non-hydrogen) atoms. The number of aromatic nitrogens is 2. The van der Waals surface area contributed by atoms with Crippen molar-refractivity contribution < 1.29 is 0 Å². The maximum Gasteiger partial charge on any atom is 0.247 e. The molecule has 0 spiro atoms. The lowest BCUT2D eigenvalue weighted by Crippen LogP contribution is -2.58. The maximum atomic E-state index is 2.49. The van der Waals surface area contributed by atoms with Gasteiger partial charge < -0.3 is 9.13 Å². The van der Waals surface area contributed by atoms with Gasteiger partial charge in [0.05, 0.1) is 22.1 Å². The minimum absolute atomic E-state index is 0.145. The Hall–Kier alpha value is -5.10. The highest BCUT2D eigenvalue weighted by molar-refractivity contribution is 8.01. The van der Waals surface area contributed by atoms with Crippen LogP contribution in [0.1, 0.15) is 0 Å². The summed E-state index contributed by atoms with van der Waals surface area (Å²) in [6.07, 6.45) is 0. The lowest BCUT2D eigenvalue weighted by Gasteiger charge is -2.33. The molecule has 0 atom stereocenters. The summed E-state index contributed by atoms with van der Waals surface area (Å²) in [5, 5.41) is 5.20. The van der Waals surface area contributed by atoms with Crippen LogP contribution in [-0.2, 0) is 0 Å². The highest BCUT2D eigenvalue weighted by Crippen LogP contribution is 2.46. The molecule has 2 aliphatic heterocycles. The third-order valence-corrected chi connectivity index (χ3v) is 12.4. The first-order chi connectivity index (χ1) is 23.3. The van der Waals surface area contributed by atoms with Crippen LogP contribution < -0.4 is 16.4 Å². The molecule has 0 N–H and O–H groups in total. The quantitative estimate of drug-likeness (QED) is 0.176. The van der Waals surface area contributed by atoms with Gasteiger partial charge in [-0.15, -0.1) is 0 Å². The van der Waals surface area contributed by atoms with Crippen molar-refractivity contribution >= 4 is 90.2 Å². The summed E-state index contributed by atoms with van der Waals surface area (Å²) >= 11 is 3.89. The van der Waals surface area contributed by atoms with Crippen molar-refractivity contribution in [2.45, 2.75) is 19.6 Å². The number of hydrogen-bond acceptors (Lipinski definition) is 2. The molecule has 0 unspecified atom stereocenters. The fraction of sp³-hybridized carbons (Fsp3) is 0. The summed E-state index contributed by atoms with van der Waals surface area (Å²) in [5.41, 5.74) is 11.7. The number of nitrogens with zero attached hydrogens (tertiary/aromatic N) is 2. The molecule has 11 rings (SSSR count). The number of para-hydroxylation sites is 4. The van der Waals surface area contributed by atoms with Gasteiger partial charge in [0.25, 0.3) is 0 Å². The van der Waals surface area contributed by atoms with Gasteiger partial charge in [-0.05, 0) is 54.0 Å². The predicted molar refractivity (Wildman–Crippen MR) is 201 cm³/mol. The van der Waals surface area contributed by atoms with E-state index >= 15 is 0 Å². The molecule has 7 aromatic carbocycles. The molecular formula is C42H25BN2S2. The largest absolute Gasteiger partial charge is 0.308 e. The molecule has 5 heteroatoms. The summed E-state index contributed by atoms with van der Waals surface area (Å²) in [7, 11) is 0. The highest BCUT2D eigenvalue weighted by atomic mass is 32.2. The van der Waals surface area contributed by atoms with Crippen molar-refractivity contribution in [3.63, 3.8) is 0 Å².